The normalized spacial score (nSPS) is 14.5. The number of amides is 2. The number of carbonyl (C=O) groups is 5. The Labute approximate surface area is 264 Å². The standard InChI is InChI=1S/C31H49N3O9S/c1-3-4-5-6-7-8-9-10-11-12-13-14-17-26(25(35)16-15-18-29(39)43-2)44-22-24(30(40)33-21-28(37)38)34-27(36)20-19-23(32)31(41)42/h7-8,10-14,17,23-26,35H,3-6,9,15-16,18-22,32H2,1-2H3,(H,33,40)(H,34,36)(H,37,38)(H,41,42)/b8-7-,11-10-,13-12+,17-14+/t23?,24?,25-,26+/m0/s1. The van der Waals surface area contributed by atoms with Crippen molar-refractivity contribution in [3.8, 4) is 0 Å². The summed E-state index contributed by atoms with van der Waals surface area (Å²) in [5.41, 5.74) is 5.45. The number of hydrogen-bond acceptors (Lipinski definition) is 9. The molecule has 2 unspecified atom stereocenters. The number of rotatable bonds is 25. The Bertz CT molecular complexity index is 998. The van der Waals surface area contributed by atoms with E-state index >= 15 is 0 Å². The lowest BCUT2D eigenvalue weighted by Crippen LogP contribution is -2.50. The summed E-state index contributed by atoms with van der Waals surface area (Å²) in [6, 6.07) is -2.42. The molecule has 248 valence electrons. The maximum atomic E-state index is 12.7. The van der Waals surface area contributed by atoms with E-state index in [1.165, 1.54) is 26.4 Å². The second-order valence-electron chi connectivity index (χ2n) is 9.95. The highest BCUT2D eigenvalue weighted by molar-refractivity contribution is 8.00. The molecule has 0 aromatic rings. The number of carbonyl (C=O) groups excluding carboxylic acids is 3. The SMILES string of the molecule is CCCCC/C=C\C\C=C/C=C/C=C/[C@@H](SCC(NC(=O)CCC(N)C(=O)O)C(=O)NCC(=O)O)[C@@H](O)CCCC(=O)OC. The average molecular weight is 640 g/mol. The molecule has 0 aliphatic heterocycles. The fourth-order valence-electron chi connectivity index (χ4n) is 3.63. The van der Waals surface area contributed by atoms with Gasteiger partial charge in [0.2, 0.25) is 11.8 Å². The summed E-state index contributed by atoms with van der Waals surface area (Å²) in [4.78, 5) is 58.5. The summed E-state index contributed by atoms with van der Waals surface area (Å²) in [6.45, 7) is 1.51. The van der Waals surface area contributed by atoms with Crippen LogP contribution < -0.4 is 16.4 Å². The zero-order valence-corrected chi connectivity index (χ0v) is 26.5. The first kappa shape index (κ1) is 40.6. The van der Waals surface area contributed by atoms with Crippen LogP contribution in [0.2, 0.25) is 0 Å². The molecular weight excluding hydrogens is 590 g/mol. The van der Waals surface area contributed by atoms with Gasteiger partial charge in [0.15, 0.2) is 0 Å². The minimum atomic E-state index is -1.27. The van der Waals surface area contributed by atoms with Gasteiger partial charge in [-0.15, -0.1) is 11.8 Å². The topological polar surface area (TPSA) is 205 Å². The summed E-state index contributed by atoms with van der Waals surface area (Å²) in [5, 5.41) is 32.9. The summed E-state index contributed by atoms with van der Waals surface area (Å²) < 4.78 is 4.64. The van der Waals surface area contributed by atoms with Crippen LogP contribution in [0.4, 0.5) is 0 Å². The zero-order valence-electron chi connectivity index (χ0n) is 25.7. The molecule has 4 atom stereocenters. The summed E-state index contributed by atoms with van der Waals surface area (Å²) in [6.07, 6.45) is 20.3. The molecule has 7 N–H and O–H groups in total. The fraction of sp³-hybridized carbons (Fsp3) is 0.581. The van der Waals surface area contributed by atoms with Gasteiger partial charge in [0.1, 0.15) is 18.6 Å². The van der Waals surface area contributed by atoms with Gasteiger partial charge in [0.05, 0.1) is 13.2 Å². The van der Waals surface area contributed by atoms with Crippen LogP contribution in [0.1, 0.15) is 71.1 Å². The zero-order chi connectivity index (χ0) is 33.2. The van der Waals surface area contributed by atoms with Crippen molar-refractivity contribution >= 4 is 41.5 Å². The predicted molar refractivity (Wildman–Crippen MR) is 171 cm³/mol. The number of unbranched alkanes of at least 4 members (excludes halogenated alkanes) is 3. The van der Waals surface area contributed by atoms with E-state index in [9.17, 15) is 29.1 Å². The Morgan fingerprint density at radius 3 is 2.32 bits per heavy atom. The van der Waals surface area contributed by atoms with Crippen molar-refractivity contribution in [2.45, 2.75) is 94.6 Å². The summed E-state index contributed by atoms with van der Waals surface area (Å²) in [5.74, 6) is -4.34. The molecule has 2 amide bonds. The van der Waals surface area contributed by atoms with Gasteiger partial charge in [-0.3, -0.25) is 24.0 Å². The van der Waals surface area contributed by atoms with Gasteiger partial charge >= 0.3 is 17.9 Å². The lowest BCUT2D eigenvalue weighted by molar-refractivity contribution is -0.141. The molecule has 0 bridgehead atoms. The minimum absolute atomic E-state index is 0.0283. The summed E-state index contributed by atoms with van der Waals surface area (Å²) in [7, 11) is 1.28. The van der Waals surface area contributed by atoms with Crippen LogP contribution in [-0.2, 0) is 28.7 Å². The first-order chi connectivity index (χ1) is 21.0. The molecule has 0 aliphatic rings. The van der Waals surface area contributed by atoms with Gasteiger partial charge in [0, 0.05) is 23.8 Å². The van der Waals surface area contributed by atoms with E-state index in [0.717, 1.165) is 24.6 Å². The highest BCUT2D eigenvalue weighted by atomic mass is 32.2. The molecule has 12 nitrogen and oxygen atoms in total. The lowest BCUT2D eigenvalue weighted by atomic mass is 10.1. The first-order valence-corrected chi connectivity index (χ1v) is 15.8. The molecule has 0 aliphatic carbocycles. The number of nitrogens with one attached hydrogen (secondary N) is 2. The Morgan fingerprint density at radius 2 is 1.66 bits per heavy atom. The molecule has 0 saturated carbocycles. The van der Waals surface area contributed by atoms with Crippen molar-refractivity contribution in [1.29, 1.82) is 0 Å². The number of ether oxygens (including phenoxy) is 1. The van der Waals surface area contributed by atoms with Crippen molar-refractivity contribution in [3.63, 3.8) is 0 Å². The third-order valence-corrected chi connectivity index (χ3v) is 7.57. The number of nitrogens with two attached hydrogens (primary N) is 1. The van der Waals surface area contributed by atoms with Gasteiger partial charge in [-0.25, -0.2) is 0 Å². The van der Waals surface area contributed by atoms with Crippen LogP contribution >= 0.6 is 11.8 Å². The fourth-order valence-corrected chi connectivity index (χ4v) is 4.84. The van der Waals surface area contributed by atoms with Crippen LogP contribution in [0.3, 0.4) is 0 Å². The number of allylic oxidation sites excluding steroid dienone is 7. The second kappa shape index (κ2) is 26.0. The van der Waals surface area contributed by atoms with Crippen molar-refractivity contribution in [1.82, 2.24) is 10.6 Å². The number of hydrogen-bond donors (Lipinski definition) is 6. The molecule has 0 rings (SSSR count). The van der Waals surface area contributed by atoms with Crippen molar-refractivity contribution in [3.05, 3.63) is 48.6 Å². The second-order valence-corrected chi connectivity index (χ2v) is 11.2. The van der Waals surface area contributed by atoms with Gasteiger partial charge in [-0.1, -0.05) is 68.4 Å². The average Bonchev–Trinajstić information content (AvgIpc) is 2.99. The molecule has 0 heterocycles. The Morgan fingerprint density at radius 1 is 0.932 bits per heavy atom. The number of aliphatic carboxylic acids is 2. The van der Waals surface area contributed by atoms with E-state index in [-0.39, 0.29) is 31.4 Å². The maximum absolute atomic E-state index is 12.7. The molecule has 0 aromatic carbocycles. The highest BCUT2D eigenvalue weighted by Crippen LogP contribution is 2.22. The Hall–Kier alpha value is -3.42. The van der Waals surface area contributed by atoms with Crippen LogP contribution in [0.15, 0.2) is 48.6 Å². The first-order valence-electron chi connectivity index (χ1n) is 14.8. The Balaban J connectivity index is 5.43. The van der Waals surface area contributed by atoms with Crippen LogP contribution in [0.25, 0.3) is 0 Å². The molecule has 13 heteroatoms. The van der Waals surface area contributed by atoms with Crippen LogP contribution in [-0.4, -0.2) is 87.9 Å². The molecule has 0 saturated heterocycles. The molecule has 0 aromatic heterocycles. The number of esters is 1. The number of carboxylic acid groups (broad SMARTS) is 2. The van der Waals surface area contributed by atoms with Crippen LogP contribution in [0, 0.1) is 0 Å². The van der Waals surface area contributed by atoms with E-state index < -0.39 is 59.7 Å². The van der Waals surface area contributed by atoms with Crippen molar-refractivity contribution < 1.29 is 44.0 Å². The largest absolute Gasteiger partial charge is 0.480 e. The Kier molecular flexibility index (Phi) is 24.0. The van der Waals surface area contributed by atoms with E-state index in [1.54, 1.807) is 18.2 Å². The maximum Gasteiger partial charge on any atom is 0.322 e. The molecular formula is C31H49N3O9S. The van der Waals surface area contributed by atoms with Gasteiger partial charge in [0.25, 0.3) is 0 Å². The molecule has 0 fully saturated rings. The van der Waals surface area contributed by atoms with E-state index in [1.807, 2.05) is 18.2 Å². The molecule has 0 radical (unpaired) electrons. The van der Waals surface area contributed by atoms with Crippen molar-refractivity contribution in [2.75, 3.05) is 19.4 Å². The van der Waals surface area contributed by atoms with E-state index in [0.29, 0.717) is 6.42 Å². The van der Waals surface area contributed by atoms with Gasteiger partial charge < -0.3 is 36.4 Å². The lowest BCUT2D eigenvalue weighted by Gasteiger charge is -2.23. The van der Waals surface area contributed by atoms with Crippen LogP contribution in [0.5, 0.6) is 0 Å². The highest BCUT2D eigenvalue weighted by Gasteiger charge is 2.25. The number of aliphatic hydroxyl groups excluding tert-OH is 1. The van der Waals surface area contributed by atoms with E-state index in [4.69, 9.17) is 15.9 Å². The monoisotopic (exact) mass is 639 g/mol. The smallest absolute Gasteiger partial charge is 0.322 e. The quantitative estimate of drug-likeness (QED) is 0.0371. The number of aliphatic hydroxyl groups is 1. The van der Waals surface area contributed by atoms with E-state index in [2.05, 4.69) is 34.4 Å². The van der Waals surface area contributed by atoms with Gasteiger partial charge in [-0.05, 0) is 38.5 Å². The van der Waals surface area contributed by atoms with Gasteiger partial charge in [-0.2, -0.15) is 0 Å². The predicted octanol–water partition coefficient (Wildman–Crippen LogP) is 2.87. The number of methoxy groups -OCH3 is 1. The third-order valence-electron chi connectivity index (χ3n) is 6.19. The minimum Gasteiger partial charge on any atom is -0.480 e. The molecule has 44 heavy (non-hydrogen) atoms. The van der Waals surface area contributed by atoms with Crippen molar-refractivity contribution in [2.24, 2.45) is 5.73 Å². The number of thioether (sulfide) groups is 1. The number of carboxylic acids is 2. The third kappa shape index (κ3) is 22.2. The summed E-state index contributed by atoms with van der Waals surface area (Å²) >= 11 is 1.16. The molecule has 0 spiro atoms.